The zero-order chi connectivity index (χ0) is 18.2. The zero-order valence-corrected chi connectivity index (χ0v) is 15.1. The van der Waals surface area contributed by atoms with E-state index >= 15 is 0 Å². The van der Waals surface area contributed by atoms with Crippen molar-refractivity contribution in [3.63, 3.8) is 0 Å². The molecule has 0 bridgehead atoms. The van der Waals surface area contributed by atoms with Gasteiger partial charge in [-0.05, 0) is 28.2 Å². The Balaban J connectivity index is 1.49. The summed E-state index contributed by atoms with van der Waals surface area (Å²) in [5.41, 5.74) is 5.82. The Kier molecular flexibility index (Phi) is 3.78. The minimum Gasteiger partial charge on any atom is -0.366 e. The van der Waals surface area contributed by atoms with E-state index in [-0.39, 0.29) is 0 Å². The number of hydrogen-bond donors (Lipinski definition) is 1. The van der Waals surface area contributed by atoms with Crippen molar-refractivity contribution in [2.24, 2.45) is 0 Å². The molecule has 0 radical (unpaired) electrons. The van der Waals surface area contributed by atoms with Gasteiger partial charge in [-0.3, -0.25) is 4.98 Å². The van der Waals surface area contributed by atoms with Crippen molar-refractivity contribution in [3.05, 3.63) is 77.7 Å². The molecule has 1 N–H and O–H groups in total. The van der Waals surface area contributed by atoms with Crippen LogP contribution in [0.5, 0.6) is 0 Å². The number of nitrogens with one attached hydrogen (secondary N) is 1. The van der Waals surface area contributed by atoms with Crippen LogP contribution in [0.3, 0.4) is 0 Å². The van der Waals surface area contributed by atoms with Crippen LogP contribution < -0.4 is 15.7 Å². The predicted octanol–water partition coefficient (Wildman–Crippen LogP) is 1.51. The number of nitrogens with zero attached hydrogens (tertiary/aromatic N) is 5. The molecular weight excluding hydrogens is 335 g/mol. The van der Waals surface area contributed by atoms with Gasteiger partial charge < -0.3 is 10.2 Å². The highest BCUT2D eigenvalue weighted by atomic mass is 15.3. The molecule has 0 saturated heterocycles. The molecule has 5 rings (SSSR count). The quantitative estimate of drug-likeness (QED) is 0.563. The molecule has 1 aliphatic heterocycles. The largest absolute Gasteiger partial charge is 0.366 e. The maximum atomic E-state index is 4.89. The van der Waals surface area contributed by atoms with Crippen molar-refractivity contribution < 1.29 is 0 Å². The van der Waals surface area contributed by atoms with E-state index in [4.69, 9.17) is 4.98 Å². The zero-order valence-electron chi connectivity index (χ0n) is 15.1. The van der Waals surface area contributed by atoms with Crippen LogP contribution >= 0.6 is 0 Å². The Hall–Kier alpha value is -3.35. The first-order valence-electron chi connectivity index (χ1n) is 9.08. The van der Waals surface area contributed by atoms with E-state index in [9.17, 15) is 0 Å². The average Bonchev–Trinajstić information content (AvgIpc) is 3.31. The van der Waals surface area contributed by atoms with Gasteiger partial charge in [-0.25, -0.2) is 4.98 Å². The lowest BCUT2D eigenvalue weighted by Crippen LogP contribution is -2.19. The maximum absolute atomic E-state index is 4.89. The number of anilines is 2. The van der Waals surface area contributed by atoms with Gasteiger partial charge in [-0.15, -0.1) is 0 Å². The maximum Gasteiger partial charge on any atom is 0.153 e. The number of aromatic nitrogens is 4. The van der Waals surface area contributed by atoms with Gasteiger partial charge >= 0.3 is 0 Å². The fourth-order valence-electron chi connectivity index (χ4n) is 3.54. The van der Waals surface area contributed by atoms with Crippen LogP contribution in [0, 0.1) is 0 Å². The molecule has 132 valence electrons. The molecule has 4 heterocycles. The van der Waals surface area contributed by atoms with Crippen molar-refractivity contribution >= 4 is 30.6 Å². The van der Waals surface area contributed by atoms with Crippen LogP contribution in [0.15, 0.2) is 61.1 Å². The third-order valence-electron chi connectivity index (χ3n) is 5.00. The molecule has 0 unspecified atom stereocenters. The summed E-state index contributed by atoms with van der Waals surface area (Å²) in [5.74, 6) is 1.90. The molecule has 1 aliphatic rings. The SMILES string of the molecule is Bc1cnn2c(NCc3cccnc3)cc(N3Cc4ccccc4C3)nc12. The Labute approximate surface area is 158 Å². The number of pyridine rings is 1. The molecule has 1 aromatic carbocycles. The molecule has 3 aromatic heterocycles. The summed E-state index contributed by atoms with van der Waals surface area (Å²) >= 11 is 0. The molecular formula is C20H19BN6. The minimum atomic E-state index is 0.686. The van der Waals surface area contributed by atoms with Crippen molar-refractivity contribution in [2.75, 3.05) is 10.2 Å². The van der Waals surface area contributed by atoms with E-state index < -0.39 is 0 Å². The van der Waals surface area contributed by atoms with Crippen molar-refractivity contribution in [2.45, 2.75) is 19.6 Å². The van der Waals surface area contributed by atoms with Crippen LogP contribution in [0.4, 0.5) is 11.6 Å². The summed E-state index contributed by atoms with van der Waals surface area (Å²) in [6.07, 6.45) is 5.52. The minimum absolute atomic E-state index is 0.686. The fraction of sp³-hybridized carbons (Fsp3) is 0.150. The van der Waals surface area contributed by atoms with Crippen LogP contribution in [0.1, 0.15) is 16.7 Å². The molecule has 0 saturated carbocycles. The van der Waals surface area contributed by atoms with Crippen molar-refractivity contribution in [3.8, 4) is 0 Å². The lowest BCUT2D eigenvalue weighted by atomic mass is 10.0. The molecule has 0 fully saturated rings. The average molecular weight is 354 g/mol. The second-order valence-corrected chi connectivity index (χ2v) is 6.90. The van der Waals surface area contributed by atoms with Crippen LogP contribution in [-0.4, -0.2) is 27.4 Å². The Morgan fingerprint density at radius 3 is 2.59 bits per heavy atom. The smallest absolute Gasteiger partial charge is 0.153 e. The van der Waals surface area contributed by atoms with Crippen molar-refractivity contribution in [1.29, 1.82) is 0 Å². The van der Waals surface area contributed by atoms with Gasteiger partial charge in [0, 0.05) is 44.3 Å². The van der Waals surface area contributed by atoms with Crippen LogP contribution in [-0.2, 0) is 19.6 Å². The topological polar surface area (TPSA) is 58.4 Å². The molecule has 0 amide bonds. The summed E-state index contributed by atoms with van der Waals surface area (Å²) in [7, 11) is 2.04. The van der Waals surface area contributed by atoms with E-state index in [1.54, 1.807) is 6.20 Å². The second kappa shape index (κ2) is 6.43. The predicted molar refractivity (Wildman–Crippen MR) is 109 cm³/mol. The van der Waals surface area contributed by atoms with E-state index in [2.05, 4.69) is 56.7 Å². The third-order valence-corrected chi connectivity index (χ3v) is 5.00. The highest BCUT2D eigenvalue weighted by Crippen LogP contribution is 2.28. The summed E-state index contributed by atoms with van der Waals surface area (Å²) in [6.45, 7) is 2.45. The molecule has 27 heavy (non-hydrogen) atoms. The van der Waals surface area contributed by atoms with E-state index in [0.717, 1.165) is 41.4 Å². The van der Waals surface area contributed by atoms with Gasteiger partial charge in [0.05, 0.1) is 0 Å². The standard InChI is InChI=1S/C20H19BN6/c21-17-11-24-27-18(23-10-14-4-3-7-22-9-14)8-19(25-20(17)27)26-12-15-5-1-2-6-16(15)13-26/h1-9,11,23H,10,12-13,21H2. The molecule has 7 heteroatoms. The molecule has 0 atom stereocenters. The van der Waals surface area contributed by atoms with E-state index in [0.29, 0.717) is 6.54 Å². The molecule has 6 nitrogen and oxygen atoms in total. The number of benzene rings is 1. The van der Waals surface area contributed by atoms with Crippen molar-refractivity contribution in [1.82, 2.24) is 19.6 Å². The van der Waals surface area contributed by atoms with Gasteiger partial charge in [-0.1, -0.05) is 30.3 Å². The van der Waals surface area contributed by atoms with Crippen LogP contribution in [0.25, 0.3) is 5.65 Å². The fourth-order valence-corrected chi connectivity index (χ4v) is 3.54. The molecule has 0 spiro atoms. The number of fused-ring (bicyclic) bond motifs is 2. The lowest BCUT2D eigenvalue weighted by Gasteiger charge is -2.19. The summed E-state index contributed by atoms with van der Waals surface area (Å²) in [4.78, 5) is 11.4. The number of rotatable bonds is 4. The van der Waals surface area contributed by atoms with E-state index in [1.165, 1.54) is 11.1 Å². The monoisotopic (exact) mass is 354 g/mol. The first-order valence-corrected chi connectivity index (χ1v) is 9.08. The van der Waals surface area contributed by atoms with Gasteiger partial charge in [0.1, 0.15) is 19.5 Å². The summed E-state index contributed by atoms with van der Waals surface area (Å²) in [5, 5.41) is 7.99. The third kappa shape index (κ3) is 2.91. The normalized spacial score (nSPS) is 13.1. The lowest BCUT2D eigenvalue weighted by molar-refractivity contribution is 0.844. The first kappa shape index (κ1) is 15.9. The van der Waals surface area contributed by atoms with E-state index in [1.807, 2.05) is 30.8 Å². The Bertz CT molecular complexity index is 1080. The van der Waals surface area contributed by atoms with Gasteiger partial charge in [0.15, 0.2) is 5.65 Å². The van der Waals surface area contributed by atoms with Gasteiger partial charge in [0.25, 0.3) is 0 Å². The molecule has 0 aliphatic carbocycles. The highest BCUT2D eigenvalue weighted by molar-refractivity contribution is 6.36. The number of hydrogen-bond acceptors (Lipinski definition) is 5. The second-order valence-electron chi connectivity index (χ2n) is 6.90. The highest BCUT2D eigenvalue weighted by Gasteiger charge is 2.21. The Morgan fingerprint density at radius 2 is 1.85 bits per heavy atom. The summed E-state index contributed by atoms with van der Waals surface area (Å²) < 4.78 is 1.87. The summed E-state index contributed by atoms with van der Waals surface area (Å²) in [6, 6.07) is 14.7. The first-order chi connectivity index (χ1) is 13.3. The Morgan fingerprint density at radius 1 is 1.04 bits per heavy atom. The van der Waals surface area contributed by atoms with Gasteiger partial charge in [0.2, 0.25) is 0 Å². The van der Waals surface area contributed by atoms with Gasteiger partial charge in [-0.2, -0.15) is 9.61 Å². The van der Waals surface area contributed by atoms with Crippen LogP contribution in [0.2, 0.25) is 0 Å². The molecule has 4 aromatic rings.